The van der Waals surface area contributed by atoms with Crippen LogP contribution in [0.1, 0.15) is 13.8 Å². The van der Waals surface area contributed by atoms with Crippen LogP contribution in [0.25, 0.3) is 0 Å². The van der Waals surface area contributed by atoms with Crippen LogP contribution in [-0.4, -0.2) is 23.3 Å². The molecule has 3 N–H and O–H groups in total. The van der Waals surface area contributed by atoms with Gasteiger partial charge in [-0.2, -0.15) is 0 Å². The first-order valence-electron chi connectivity index (χ1n) is 4.90. The molecule has 0 radical (unpaired) electrons. The van der Waals surface area contributed by atoms with Crippen LogP contribution >= 0.6 is 11.6 Å². The first-order chi connectivity index (χ1) is 7.38. The zero-order chi connectivity index (χ0) is 12.2. The second-order valence-electron chi connectivity index (χ2n) is 4.10. The molecule has 0 heterocycles. The molecule has 2 amide bonds. The molecule has 0 aliphatic rings. The molecule has 1 aromatic carbocycles. The summed E-state index contributed by atoms with van der Waals surface area (Å²) in [7, 11) is 0. The van der Waals surface area contributed by atoms with Gasteiger partial charge in [0.1, 0.15) is 0 Å². The van der Waals surface area contributed by atoms with Gasteiger partial charge < -0.3 is 15.7 Å². The molecule has 0 spiro atoms. The lowest BCUT2D eigenvalue weighted by Gasteiger charge is -2.18. The van der Waals surface area contributed by atoms with E-state index in [9.17, 15) is 9.90 Å². The fourth-order valence-electron chi connectivity index (χ4n) is 1.03. The van der Waals surface area contributed by atoms with Gasteiger partial charge in [0.2, 0.25) is 0 Å². The van der Waals surface area contributed by atoms with E-state index in [0.717, 1.165) is 0 Å². The first-order valence-corrected chi connectivity index (χ1v) is 5.28. The summed E-state index contributed by atoms with van der Waals surface area (Å²) >= 11 is 5.87. The van der Waals surface area contributed by atoms with E-state index in [0.29, 0.717) is 10.7 Å². The van der Waals surface area contributed by atoms with Gasteiger partial charge in [-0.15, -0.1) is 0 Å². The van der Waals surface area contributed by atoms with Crippen molar-refractivity contribution in [2.24, 2.45) is 0 Å². The van der Waals surface area contributed by atoms with E-state index in [1.54, 1.807) is 38.1 Å². The Morgan fingerprint density at radius 2 is 2.06 bits per heavy atom. The minimum absolute atomic E-state index is 0.170. The van der Waals surface area contributed by atoms with Crippen LogP contribution < -0.4 is 10.6 Å². The van der Waals surface area contributed by atoms with Gasteiger partial charge in [0.25, 0.3) is 0 Å². The number of para-hydroxylation sites is 1. The van der Waals surface area contributed by atoms with Gasteiger partial charge in [-0.05, 0) is 26.0 Å². The molecule has 1 aromatic rings. The standard InChI is InChI=1S/C11H15ClN2O2/c1-11(2,16)7-13-10(15)14-9-6-4-3-5-8(9)12/h3-6,16H,7H2,1-2H3,(H2,13,14,15). The SMILES string of the molecule is CC(C)(O)CNC(=O)Nc1ccccc1Cl. The number of urea groups is 1. The summed E-state index contributed by atoms with van der Waals surface area (Å²) in [6, 6.07) is 6.55. The Kier molecular flexibility index (Phi) is 4.15. The van der Waals surface area contributed by atoms with Crippen LogP contribution in [0.5, 0.6) is 0 Å². The molecule has 0 atom stereocenters. The smallest absolute Gasteiger partial charge is 0.319 e. The Hall–Kier alpha value is -1.26. The van der Waals surface area contributed by atoms with E-state index < -0.39 is 11.6 Å². The van der Waals surface area contributed by atoms with Gasteiger partial charge in [0, 0.05) is 6.54 Å². The Morgan fingerprint density at radius 3 is 2.62 bits per heavy atom. The molecular weight excluding hydrogens is 228 g/mol. The summed E-state index contributed by atoms with van der Waals surface area (Å²) in [5.74, 6) is 0. The number of amides is 2. The molecule has 0 saturated carbocycles. The lowest BCUT2D eigenvalue weighted by Crippen LogP contribution is -2.40. The fraction of sp³-hybridized carbons (Fsp3) is 0.364. The van der Waals surface area contributed by atoms with Gasteiger partial charge in [0.15, 0.2) is 0 Å². The summed E-state index contributed by atoms with van der Waals surface area (Å²) < 4.78 is 0. The minimum atomic E-state index is -0.933. The highest BCUT2D eigenvalue weighted by atomic mass is 35.5. The maximum Gasteiger partial charge on any atom is 0.319 e. The molecule has 0 aliphatic carbocycles. The van der Waals surface area contributed by atoms with Crippen LogP contribution in [0.4, 0.5) is 10.5 Å². The number of rotatable bonds is 3. The van der Waals surface area contributed by atoms with Crippen molar-refractivity contribution >= 4 is 23.3 Å². The van der Waals surface area contributed by atoms with Gasteiger partial charge in [-0.25, -0.2) is 4.79 Å². The minimum Gasteiger partial charge on any atom is -0.389 e. The number of hydrogen-bond acceptors (Lipinski definition) is 2. The van der Waals surface area contributed by atoms with Crippen molar-refractivity contribution in [1.82, 2.24) is 5.32 Å². The van der Waals surface area contributed by atoms with Crippen molar-refractivity contribution in [3.63, 3.8) is 0 Å². The van der Waals surface area contributed by atoms with Crippen molar-refractivity contribution in [2.75, 3.05) is 11.9 Å². The number of benzene rings is 1. The molecule has 1 rings (SSSR count). The Labute approximate surface area is 99.6 Å². The highest BCUT2D eigenvalue weighted by Gasteiger charge is 2.14. The predicted octanol–water partition coefficient (Wildman–Crippen LogP) is 2.23. The van der Waals surface area contributed by atoms with Gasteiger partial charge in [-0.3, -0.25) is 0 Å². The third-order valence-electron chi connectivity index (χ3n) is 1.80. The van der Waals surface area contributed by atoms with Crippen LogP contribution in [0, 0.1) is 0 Å². The largest absolute Gasteiger partial charge is 0.389 e. The summed E-state index contributed by atoms with van der Waals surface area (Å²) in [5.41, 5.74) is -0.393. The highest BCUT2D eigenvalue weighted by molar-refractivity contribution is 6.33. The quantitative estimate of drug-likeness (QED) is 0.761. The molecule has 4 nitrogen and oxygen atoms in total. The number of hydrogen-bond donors (Lipinski definition) is 3. The van der Waals surface area contributed by atoms with Crippen LogP contribution in [0.3, 0.4) is 0 Å². The Bertz CT molecular complexity index is 374. The number of anilines is 1. The second-order valence-corrected chi connectivity index (χ2v) is 4.51. The van der Waals surface area contributed by atoms with Crippen LogP contribution in [-0.2, 0) is 0 Å². The average molecular weight is 243 g/mol. The van der Waals surface area contributed by atoms with E-state index in [2.05, 4.69) is 10.6 Å². The number of nitrogens with one attached hydrogen (secondary N) is 2. The maximum atomic E-state index is 11.4. The summed E-state index contributed by atoms with van der Waals surface area (Å²) in [6.07, 6.45) is 0. The highest BCUT2D eigenvalue weighted by Crippen LogP contribution is 2.19. The summed E-state index contributed by atoms with van der Waals surface area (Å²) in [4.78, 5) is 11.4. The van der Waals surface area contributed by atoms with Crippen LogP contribution in [0.2, 0.25) is 5.02 Å². The van der Waals surface area contributed by atoms with Crippen LogP contribution in [0.15, 0.2) is 24.3 Å². The predicted molar refractivity (Wildman–Crippen MR) is 64.8 cm³/mol. The lowest BCUT2D eigenvalue weighted by molar-refractivity contribution is 0.0826. The molecule has 0 unspecified atom stereocenters. The van der Waals surface area contributed by atoms with Gasteiger partial charge >= 0.3 is 6.03 Å². The van der Waals surface area contributed by atoms with Crippen molar-refractivity contribution < 1.29 is 9.90 Å². The van der Waals surface area contributed by atoms with Gasteiger partial charge in [0.05, 0.1) is 16.3 Å². The Morgan fingerprint density at radius 1 is 1.44 bits per heavy atom. The molecule has 16 heavy (non-hydrogen) atoms. The molecule has 88 valence electrons. The second kappa shape index (κ2) is 5.18. The number of halogens is 1. The van der Waals surface area contributed by atoms with E-state index >= 15 is 0 Å². The van der Waals surface area contributed by atoms with Gasteiger partial charge in [-0.1, -0.05) is 23.7 Å². The number of carbonyl (C=O) groups is 1. The van der Waals surface area contributed by atoms with E-state index in [4.69, 9.17) is 11.6 Å². The van der Waals surface area contributed by atoms with E-state index in [1.807, 2.05) is 0 Å². The number of aliphatic hydroxyl groups is 1. The van der Waals surface area contributed by atoms with Crippen molar-refractivity contribution in [1.29, 1.82) is 0 Å². The first kappa shape index (κ1) is 12.8. The maximum absolute atomic E-state index is 11.4. The zero-order valence-corrected chi connectivity index (χ0v) is 10.0. The van der Waals surface area contributed by atoms with Crippen molar-refractivity contribution in [3.05, 3.63) is 29.3 Å². The topological polar surface area (TPSA) is 61.4 Å². The number of carbonyl (C=O) groups excluding carboxylic acids is 1. The van der Waals surface area contributed by atoms with Crippen molar-refractivity contribution in [2.45, 2.75) is 19.4 Å². The molecule has 0 fully saturated rings. The monoisotopic (exact) mass is 242 g/mol. The van der Waals surface area contributed by atoms with E-state index in [1.165, 1.54) is 0 Å². The zero-order valence-electron chi connectivity index (χ0n) is 9.25. The molecule has 0 aliphatic heterocycles. The Balaban J connectivity index is 2.50. The van der Waals surface area contributed by atoms with E-state index in [-0.39, 0.29) is 6.54 Å². The lowest BCUT2D eigenvalue weighted by atomic mass is 10.1. The molecule has 0 bridgehead atoms. The molecule has 0 saturated heterocycles. The molecule has 0 aromatic heterocycles. The third kappa shape index (κ3) is 4.51. The molecular formula is C11H15ClN2O2. The average Bonchev–Trinajstić information content (AvgIpc) is 2.18. The summed E-state index contributed by atoms with van der Waals surface area (Å²) in [5, 5.41) is 15.0. The molecule has 5 heteroatoms. The van der Waals surface area contributed by atoms with Crippen molar-refractivity contribution in [3.8, 4) is 0 Å². The fourth-order valence-corrected chi connectivity index (χ4v) is 1.21. The normalized spacial score (nSPS) is 11.0. The third-order valence-corrected chi connectivity index (χ3v) is 2.13. The summed E-state index contributed by atoms with van der Waals surface area (Å²) in [6.45, 7) is 3.40.